The third kappa shape index (κ3) is 3.08. The fourth-order valence-corrected chi connectivity index (χ4v) is 3.39. The van der Waals surface area contributed by atoms with E-state index >= 15 is 0 Å². The van der Waals surface area contributed by atoms with E-state index in [4.69, 9.17) is 5.73 Å². The standard InChI is InChI=1S/C19H23N9O2/c1-5-6-7-28-15(16(29)10(2)24-28)18-23-19(27(4)25-18)14-11-9-21-26(3)13(11)8-12(22-14)17(20)30/h8-9,29H,5-7H2,1-4H3,(H2,20,30). The molecule has 0 aromatic carbocycles. The van der Waals surface area contributed by atoms with E-state index in [0.717, 1.165) is 12.8 Å². The zero-order valence-corrected chi connectivity index (χ0v) is 17.3. The molecular weight excluding hydrogens is 386 g/mol. The van der Waals surface area contributed by atoms with Crippen LogP contribution in [0.4, 0.5) is 0 Å². The molecule has 4 heterocycles. The molecule has 0 bridgehead atoms. The molecule has 11 heteroatoms. The zero-order valence-electron chi connectivity index (χ0n) is 17.3. The molecule has 0 saturated carbocycles. The monoisotopic (exact) mass is 409 g/mol. The molecule has 0 aliphatic carbocycles. The lowest BCUT2D eigenvalue weighted by Gasteiger charge is -2.05. The maximum absolute atomic E-state index is 11.8. The van der Waals surface area contributed by atoms with Crippen LogP contribution in [0.5, 0.6) is 5.75 Å². The number of carbonyl (C=O) groups is 1. The Kier molecular flexibility index (Phi) is 4.72. The van der Waals surface area contributed by atoms with Crippen LogP contribution in [0.1, 0.15) is 35.9 Å². The van der Waals surface area contributed by atoms with Crippen molar-refractivity contribution in [2.45, 2.75) is 33.2 Å². The number of primary amides is 1. The van der Waals surface area contributed by atoms with Gasteiger partial charge in [-0.25, -0.2) is 14.6 Å². The number of pyridine rings is 1. The summed E-state index contributed by atoms with van der Waals surface area (Å²) >= 11 is 0. The second-order valence-electron chi connectivity index (χ2n) is 7.16. The molecular formula is C19H23N9O2. The van der Waals surface area contributed by atoms with Crippen molar-refractivity contribution in [3.05, 3.63) is 23.7 Å². The number of hydrogen-bond acceptors (Lipinski definition) is 7. The number of aryl methyl sites for hydroxylation is 4. The number of amides is 1. The van der Waals surface area contributed by atoms with Crippen LogP contribution in [-0.4, -0.2) is 50.3 Å². The van der Waals surface area contributed by atoms with Crippen LogP contribution in [0.25, 0.3) is 33.9 Å². The van der Waals surface area contributed by atoms with E-state index in [-0.39, 0.29) is 11.4 Å². The molecule has 11 nitrogen and oxygen atoms in total. The van der Waals surface area contributed by atoms with Crippen molar-refractivity contribution >= 4 is 16.8 Å². The van der Waals surface area contributed by atoms with Crippen LogP contribution in [-0.2, 0) is 20.6 Å². The summed E-state index contributed by atoms with van der Waals surface area (Å²) in [5.74, 6) is 0.151. The number of aromatic hydroxyl groups is 1. The molecule has 0 aliphatic rings. The van der Waals surface area contributed by atoms with Crippen molar-refractivity contribution < 1.29 is 9.90 Å². The Morgan fingerprint density at radius 2 is 1.97 bits per heavy atom. The number of fused-ring (bicyclic) bond motifs is 1. The molecule has 0 saturated heterocycles. The van der Waals surface area contributed by atoms with Crippen LogP contribution in [0, 0.1) is 6.92 Å². The van der Waals surface area contributed by atoms with E-state index in [1.54, 1.807) is 47.3 Å². The van der Waals surface area contributed by atoms with Gasteiger partial charge in [0.25, 0.3) is 5.91 Å². The van der Waals surface area contributed by atoms with Crippen molar-refractivity contribution in [2.75, 3.05) is 0 Å². The van der Waals surface area contributed by atoms with Crippen LogP contribution in [0.15, 0.2) is 12.3 Å². The molecule has 0 atom stereocenters. The Labute approximate surface area is 172 Å². The molecule has 156 valence electrons. The van der Waals surface area contributed by atoms with Gasteiger partial charge < -0.3 is 10.8 Å². The van der Waals surface area contributed by atoms with Gasteiger partial charge in [-0.1, -0.05) is 13.3 Å². The highest BCUT2D eigenvalue weighted by molar-refractivity contribution is 5.99. The van der Waals surface area contributed by atoms with Crippen LogP contribution >= 0.6 is 0 Å². The molecule has 4 aromatic rings. The molecule has 4 aromatic heterocycles. The minimum Gasteiger partial charge on any atom is -0.504 e. The van der Waals surface area contributed by atoms with Gasteiger partial charge in [-0.2, -0.15) is 10.2 Å². The lowest BCUT2D eigenvalue weighted by molar-refractivity contribution is 0.0996. The van der Waals surface area contributed by atoms with Crippen LogP contribution in [0.3, 0.4) is 0 Å². The second-order valence-corrected chi connectivity index (χ2v) is 7.16. The lowest BCUT2D eigenvalue weighted by atomic mass is 10.2. The third-order valence-corrected chi connectivity index (χ3v) is 5.00. The Hall–Kier alpha value is -3.76. The summed E-state index contributed by atoms with van der Waals surface area (Å²) in [5, 5.41) is 24.4. The molecule has 0 unspecified atom stereocenters. The van der Waals surface area contributed by atoms with Crippen molar-refractivity contribution in [2.24, 2.45) is 19.8 Å². The average molecular weight is 409 g/mol. The van der Waals surface area contributed by atoms with Gasteiger partial charge in [-0.05, 0) is 19.4 Å². The van der Waals surface area contributed by atoms with Gasteiger partial charge in [-0.3, -0.25) is 14.2 Å². The minimum absolute atomic E-state index is 0.0497. The number of carbonyl (C=O) groups excluding carboxylic acids is 1. The first kappa shape index (κ1) is 19.6. The van der Waals surface area contributed by atoms with Crippen molar-refractivity contribution in [1.29, 1.82) is 0 Å². The largest absolute Gasteiger partial charge is 0.504 e. The van der Waals surface area contributed by atoms with Gasteiger partial charge in [0.15, 0.2) is 11.6 Å². The van der Waals surface area contributed by atoms with E-state index in [1.165, 1.54) is 0 Å². The van der Waals surface area contributed by atoms with E-state index in [0.29, 0.717) is 46.2 Å². The molecule has 3 N–H and O–H groups in total. The highest BCUT2D eigenvalue weighted by atomic mass is 16.3. The van der Waals surface area contributed by atoms with Crippen molar-refractivity contribution in [3.63, 3.8) is 0 Å². The highest BCUT2D eigenvalue weighted by Gasteiger charge is 2.24. The molecule has 1 amide bonds. The number of unbranched alkanes of at least 4 members (excludes halogenated alkanes) is 1. The summed E-state index contributed by atoms with van der Waals surface area (Å²) in [4.78, 5) is 20.9. The highest BCUT2D eigenvalue weighted by Crippen LogP contribution is 2.33. The van der Waals surface area contributed by atoms with Gasteiger partial charge in [-0.15, -0.1) is 5.10 Å². The minimum atomic E-state index is -0.646. The zero-order chi connectivity index (χ0) is 21.6. The van der Waals surface area contributed by atoms with Crippen LogP contribution < -0.4 is 5.73 Å². The number of aromatic nitrogens is 8. The van der Waals surface area contributed by atoms with Gasteiger partial charge in [0.05, 0.1) is 11.7 Å². The normalized spacial score (nSPS) is 11.5. The number of nitrogens with zero attached hydrogens (tertiary/aromatic N) is 8. The summed E-state index contributed by atoms with van der Waals surface area (Å²) in [7, 11) is 3.50. The molecule has 0 spiro atoms. The smallest absolute Gasteiger partial charge is 0.267 e. The third-order valence-electron chi connectivity index (χ3n) is 5.00. The SMILES string of the molecule is CCCCn1nc(C)c(O)c1-c1nc(-c2nc(C(N)=O)cc3c2cnn3C)n(C)n1. The lowest BCUT2D eigenvalue weighted by Crippen LogP contribution is -2.14. The predicted octanol–water partition coefficient (Wildman–Crippen LogP) is 1.54. The van der Waals surface area contributed by atoms with Crippen molar-refractivity contribution in [1.82, 2.24) is 39.3 Å². The van der Waals surface area contributed by atoms with E-state index in [1.807, 2.05) is 0 Å². The Morgan fingerprint density at radius 3 is 2.67 bits per heavy atom. The topological polar surface area (TPSA) is 143 Å². The number of rotatable bonds is 6. The molecule has 0 radical (unpaired) electrons. The molecule has 0 aliphatic heterocycles. The second kappa shape index (κ2) is 7.25. The average Bonchev–Trinajstić information content (AvgIpc) is 3.35. The van der Waals surface area contributed by atoms with Gasteiger partial charge in [0.1, 0.15) is 22.8 Å². The summed E-state index contributed by atoms with van der Waals surface area (Å²) in [6, 6.07) is 1.60. The maximum atomic E-state index is 11.8. The first-order chi connectivity index (χ1) is 14.3. The Bertz CT molecular complexity index is 1260. The summed E-state index contributed by atoms with van der Waals surface area (Å²) in [6.07, 6.45) is 3.55. The van der Waals surface area contributed by atoms with E-state index in [2.05, 4.69) is 32.2 Å². The fraction of sp³-hybridized carbons (Fsp3) is 0.368. The first-order valence-corrected chi connectivity index (χ1v) is 9.62. The fourth-order valence-electron chi connectivity index (χ4n) is 3.39. The summed E-state index contributed by atoms with van der Waals surface area (Å²) in [5.41, 5.74) is 7.69. The van der Waals surface area contributed by atoms with Gasteiger partial charge >= 0.3 is 0 Å². The first-order valence-electron chi connectivity index (χ1n) is 9.62. The molecule has 4 rings (SSSR count). The van der Waals surface area contributed by atoms with Gasteiger partial charge in [0, 0.05) is 26.0 Å². The number of nitrogens with two attached hydrogens (primary N) is 1. The predicted molar refractivity (Wildman–Crippen MR) is 110 cm³/mol. The Balaban J connectivity index is 1.91. The Morgan fingerprint density at radius 1 is 1.20 bits per heavy atom. The summed E-state index contributed by atoms with van der Waals surface area (Å²) < 4.78 is 4.92. The van der Waals surface area contributed by atoms with Crippen molar-refractivity contribution in [3.8, 4) is 28.8 Å². The summed E-state index contributed by atoms with van der Waals surface area (Å²) in [6.45, 7) is 4.47. The molecule has 30 heavy (non-hydrogen) atoms. The quantitative estimate of drug-likeness (QED) is 0.492. The molecule has 0 fully saturated rings. The van der Waals surface area contributed by atoms with E-state index < -0.39 is 5.91 Å². The number of hydrogen-bond donors (Lipinski definition) is 2. The van der Waals surface area contributed by atoms with Gasteiger partial charge in [0.2, 0.25) is 5.82 Å². The van der Waals surface area contributed by atoms with Crippen LogP contribution in [0.2, 0.25) is 0 Å². The maximum Gasteiger partial charge on any atom is 0.267 e. The van der Waals surface area contributed by atoms with E-state index in [9.17, 15) is 9.90 Å².